The molecule has 0 bridgehead atoms. The molecule has 38 heavy (non-hydrogen) atoms. The molecule has 6 rings (SSSR count). The number of fused-ring (bicyclic) bond motifs is 3. The highest BCUT2D eigenvalue weighted by molar-refractivity contribution is 7.19. The molecule has 3 aromatic heterocycles. The molecule has 0 unspecified atom stereocenters. The lowest BCUT2D eigenvalue weighted by molar-refractivity contribution is 0.594. The summed E-state index contributed by atoms with van der Waals surface area (Å²) in [6, 6.07) is 22.3. The van der Waals surface area contributed by atoms with E-state index in [2.05, 4.69) is 109 Å². The molecule has 0 atom stereocenters. The lowest BCUT2D eigenvalue weighted by Crippen LogP contribution is -2.12. The number of hydrogen-bond acceptors (Lipinski definition) is 3. The van der Waals surface area contributed by atoms with Gasteiger partial charge in [0.25, 0.3) is 0 Å². The highest BCUT2D eigenvalue weighted by atomic mass is 32.1. The van der Waals surface area contributed by atoms with Gasteiger partial charge in [-0.05, 0) is 95.0 Å². The van der Waals surface area contributed by atoms with Crippen LogP contribution < -0.4 is 0 Å². The smallest absolute Gasteiger partial charge is 0.134 e. The van der Waals surface area contributed by atoms with Gasteiger partial charge in [0.15, 0.2) is 0 Å². The van der Waals surface area contributed by atoms with Crippen molar-refractivity contribution in [1.82, 2.24) is 4.98 Å². The van der Waals surface area contributed by atoms with E-state index in [1.165, 1.54) is 59.1 Å². The van der Waals surface area contributed by atoms with E-state index in [9.17, 15) is 0 Å². The second-order valence-electron chi connectivity index (χ2n) is 12.1. The van der Waals surface area contributed by atoms with Crippen molar-refractivity contribution < 1.29 is 4.42 Å². The predicted octanol–water partition coefficient (Wildman–Crippen LogP) is 10.6. The summed E-state index contributed by atoms with van der Waals surface area (Å²) < 4.78 is 7.18. The Bertz CT molecular complexity index is 1830. The summed E-state index contributed by atoms with van der Waals surface area (Å²) in [6.45, 7) is 15.8. The van der Waals surface area contributed by atoms with Crippen molar-refractivity contribution in [3.05, 3.63) is 88.5 Å². The van der Waals surface area contributed by atoms with Crippen molar-refractivity contribution in [2.45, 2.75) is 60.3 Å². The molecule has 0 spiro atoms. The molecule has 0 aliphatic rings. The van der Waals surface area contributed by atoms with Crippen LogP contribution in [0, 0.1) is 19.8 Å². The van der Waals surface area contributed by atoms with Gasteiger partial charge in [-0.3, -0.25) is 0 Å². The van der Waals surface area contributed by atoms with Gasteiger partial charge in [0.05, 0.1) is 22.2 Å². The van der Waals surface area contributed by atoms with Crippen LogP contribution >= 0.6 is 11.3 Å². The van der Waals surface area contributed by atoms with Gasteiger partial charge in [-0.25, -0.2) is 4.98 Å². The summed E-state index contributed by atoms with van der Waals surface area (Å²) in [7, 11) is 0. The Morgan fingerprint density at radius 1 is 0.895 bits per heavy atom. The van der Waals surface area contributed by atoms with Gasteiger partial charge in [0.2, 0.25) is 0 Å². The van der Waals surface area contributed by atoms with Crippen molar-refractivity contribution in [2.75, 3.05) is 0 Å². The van der Waals surface area contributed by atoms with Crippen molar-refractivity contribution in [2.24, 2.45) is 5.92 Å². The van der Waals surface area contributed by atoms with Crippen LogP contribution in [0.3, 0.4) is 0 Å². The first-order valence-electron chi connectivity index (χ1n) is 13.5. The average molecular weight is 518 g/mol. The number of nitrogens with zero attached hydrogens (tertiary/aromatic N) is 1. The van der Waals surface area contributed by atoms with Crippen LogP contribution in [0.2, 0.25) is 0 Å². The summed E-state index contributed by atoms with van der Waals surface area (Å²) >= 11 is 1.85. The molecule has 0 N–H and O–H groups in total. The van der Waals surface area contributed by atoms with Crippen LogP contribution in [0.5, 0.6) is 0 Å². The zero-order valence-corrected chi connectivity index (χ0v) is 24.2. The molecule has 0 amide bonds. The van der Waals surface area contributed by atoms with E-state index in [1.54, 1.807) is 0 Å². The molecule has 0 aliphatic carbocycles. The molecule has 6 aromatic rings. The molecule has 2 nitrogen and oxygen atoms in total. The lowest BCUT2D eigenvalue weighted by Gasteiger charge is -2.23. The maximum absolute atomic E-state index is 5.92. The van der Waals surface area contributed by atoms with E-state index in [0.29, 0.717) is 5.92 Å². The molecule has 0 fully saturated rings. The van der Waals surface area contributed by atoms with E-state index in [1.807, 2.05) is 17.6 Å². The predicted molar refractivity (Wildman–Crippen MR) is 164 cm³/mol. The molecule has 0 radical (unpaired) electrons. The van der Waals surface area contributed by atoms with E-state index < -0.39 is 0 Å². The van der Waals surface area contributed by atoms with E-state index in [4.69, 9.17) is 9.40 Å². The fraction of sp³-hybridized carbons (Fsp3) is 0.286. The highest BCUT2D eigenvalue weighted by Crippen LogP contribution is 2.42. The number of aromatic nitrogens is 1. The van der Waals surface area contributed by atoms with E-state index >= 15 is 0 Å². The van der Waals surface area contributed by atoms with Crippen molar-refractivity contribution in [1.29, 1.82) is 0 Å². The monoisotopic (exact) mass is 517 g/mol. The SMILES string of the molecule is Cc1sc2c(-c3ccc4occ(CC(C)C)c4c3)cc(-c3cc(C(C)(C)C)c4ccccc4c3)nc2c1C. The van der Waals surface area contributed by atoms with Gasteiger partial charge in [-0.15, -0.1) is 11.3 Å². The molecule has 0 aliphatic heterocycles. The van der Waals surface area contributed by atoms with Gasteiger partial charge >= 0.3 is 0 Å². The van der Waals surface area contributed by atoms with Crippen LogP contribution in [-0.4, -0.2) is 4.98 Å². The minimum atomic E-state index is 0.0244. The Morgan fingerprint density at radius 2 is 1.68 bits per heavy atom. The zero-order valence-electron chi connectivity index (χ0n) is 23.4. The molecule has 0 saturated heterocycles. The van der Waals surface area contributed by atoms with Crippen molar-refractivity contribution in [3.8, 4) is 22.4 Å². The molecular formula is C35H35NOS. The Balaban J connectivity index is 1.62. The first-order valence-corrected chi connectivity index (χ1v) is 14.4. The van der Waals surface area contributed by atoms with Gasteiger partial charge in [-0.1, -0.05) is 65.0 Å². The lowest BCUT2D eigenvalue weighted by atomic mass is 9.82. The van der Waals surface area contributed by atoms with Crippen LogP contribution in [-0.2, 0) is 11.8 Å². The second kappa shape index (κ2) is 9.10. The van der Waals surface area contributed by atoms with Gasteiger partial charge in [0.1, 0.15) is 5.58 Å². The van der Waals surface area contributed by atoms with Gasteiger partial charge < -0.3 is 4.42 Å². The Hall–Kier alpha value is -3.43. The number of benzene rings is 3. The third-order valence-electron chi connectivity index (χ3n) is 7.67. The summed E-state index contributed by atoms with van der Waals surface area (Å²) in [6.07, 6.45) is 2.95. The topological polar surface area (TPSA) is 26.0 Å². The number of furan rings is 1. The molecule has 0 saturated carbocycles. The van der Waals surface area contributed by atoms with Crippen molar-refractivity contribution >= 4 is 43.3 Å². The van der Waals surface area contributed by atoms with Crippen molar-refractivity contribution in [3.63, 3.8) is 0 Å². The van der Waals surface area contributed by atoms with E-state index in [0.717, 1.165) is 23.2 Å². The summed E-state index contributed by atoms with van der Waals surface area (Å²) in [5.41, 5.74) is 10.7. The molecular weight excluding hydrogens is 482 g/mol. The summed E-state index contributed by atoms with van der Waals surface area (Å²) in [5.74, 6) is 0.575. The van der Waals surface area contributed by atoms with Crippen LogP contribution in [0.1, 0.15) is 56.2 Å². The van der Waals surface area contributed by atoms with Crippen LogP contribution in [0.4, 0.5) is 0 Å². The minimum absolute atomic E-state index is 0.0244. The third kappa shape index (κ3) is 4.23. The molecule has 3 heteroatoms. The fourth-order valence-electron chi connectivity index (χ4n) is 5.58. The maximum Gasteiger partial charge on any atom is 0.134 e. The highest BCUT2D eigenvalue weighted by Gasteiger charge is 2.21. The zero-order chi connectivity index (χ0) is 26.8. The summed E-state index contributed by atoms with van der Waals surface area (Å²) in [4.78, 5) is 6.61. The number of pyridine rings is 1. The number of hydrogen-bond donors (Lipinski definition) is 0. The number of thiophene rings is 1. The van der Waals surface area contributed by atoms with Crippen LogP contribution in [0.15, 0.2) is 71.3 Å². The number of rotatable bonds is 4. The van der Waals surface area contributed by atoms with Gasteiger partial charge in [-0.2, -0.15) is 0 Å². The molecule has 3 heterocycles. The second-order valence-corrected chi connectivity index (χ2v) is 13.3. The number of aryl methyl sites for hydroxylation is 2. The van der Waals surface area contributed by atoms with E-state index in [-0.39, 0.29) is 5.41 Å². The Kier molecular flexibility index (Phi) is 5.96. The quantitative estimate of drug-likeness (QED) is 0.232. The molecule has 3 aromatic carbocycles. The average Bonchev–Trinajstić information content (AvgIpc) is 3.41. The Morgan fingerprint density at radius 3 is 2.45 bits per heavy atom. The first kappa shape index (κ1) is 24.9. The fourth-order valence-corrected chi connectivity index (χ4v) is 6.71. The largest absolute Gasteiger partial charge is 0.464 e. The minimum Gasteiger partial charge on any atom is -0.464 e. The summed E-state index contributed by atoms with van der Waals surface area (Å²) in [5, 5.41) is 3.79. The standard InChI is InChI=1S/C35H35NOS/c1-20(2)14-26-19-37-32-13-12-24(16-28(26)32)29-18-31(36-33-21(3)22(4)38-34(29)33)25-15-23-10-8-9-11-27(23)30(17-25)35(5,6)7/h8-13,15-20H,14H2,1-7H3. The Labute approximate surface area is 229 Å². The van der Waals surface area contributed by atoms with Crippen LogP contribution in [0.25, 0.3) is 54.3 Å². The first-order chi connectivity index (χ1) is 18.1. The maximum atomic E-state index is 5.92. The normalized spacial score (nSPS) is 12.4. The molecule has 192 valence electrons. The third-order valence-corrected chi connectivity index (χ3v) is 8.90. The van der Waals surface area contributed by atoms with Gasteiger partial charge in [0, 0.05) is 21.4 Å².